The summed E-state index contributed by atoms with van der Waals surface area (Å²) in [7, 11) is -3.48. The highest BCUT2D eigenvalue weighted by Crippen LogP contribution is 2.33. The first-order chi connectivity index (χ1) is 17.3. The van der Waals surface area contributed by atoms with Crippen LogP contribution in [0.2, 0.25) is 0 Å². The van der Waals surface area contributed by atoms with Gasteiger partial charge in [0.05, 0.1) is 11.1 Å². The molecule has 0 aliphatic rings. The van der Waals surface area contributed by atoms with Gasteiger partial charge in [0.15, 0.2) is 21.4 Å². The fraction of sp³-hybridized carbons (Fsp3) is 0.208. The van der Waals surface area contributed by atoms with Crippen LogP contribution in [0, 0.1) is 12.7 Å². The second-order valence-corrected chi connectivity index (χ2v) is 10.6. The number of aromatic nitrogens is 3. The van der Waals surface area contributed by atoms with Gasteiger partial charge in [0.25, 0.3) is 0 Å². The van der Waals surface area contributed by atoms with E-state index in [1.54, 1.807) is 0 Å². The van der Waals surface area contributed by atoms with Crippen LogP contribution in [-0.4, -0.2) is 35.2 Å². The molecular formula is C24H20F4N4O4S. The van der Waals surface area contributed by atoms with E-state index >= 15 is 4.39 Å². The molecule has 37 heavy (non-hydrogen) atoms. The molecule has 2 aromatic heterocycles. The number of amides is 1. The maximum absolute atomic E-state index is 15.3. The van der Waals surface area contributed by atoms with Gasteiger partial charge in [0.2, 0.25) is 5.88 Å². The Balaban J connectivity index is 1.63. The predicted molar refractivity (Wildman–Crippen MR) is 128 cm³/mol. The van der Waals surface area contributed by atoms with Crippen molar-refractivity contribution in [2.45, 2.75) is 25.3 Å². The number of nitrogens with zero attached hydrogens (tertiary/aromatic N) is 3. The van der Waals surface area contributed by atoms with Crippen molar-refractivity contribution in [2.75, 3.05) is 11.6 Å². The molecule has 0 fully saturated rings. The van der Waals surface area contributed by atoms with E-state index in [-0.39, 0.29) is 34.0 Å². The van der Waals surface area contributed by atoms with Crippen LogP contribution in [0.3, 0.4) is 0 Å². The van der Waals surface area contributed by atoms with Gasteiger partial charge < -0.3 is 10.1 Å². The molecule has 1 N–H and O–H groups in total. The molecule has 4 aromatic rings. The molecule has 0 unspecified atom stereocenters. The lowest BCUT2D eigenvalue weighted by atomic mass is 10.2. The summed E-state index contributed by atoms with van der Waals surface area (Å²) in [5.41, 5.74) is -0.529. The third kappa shape index (κ3) is 5.40. The average Bonchev–Trinajstić information content (AvgIpc) is 3.16. The number of sulfone groups is 1. The molecule has 1 atom stereocenters. The maximum atomic E-state index is 15.3. The summed E-state index contributed by atoms with van der Waals surface area (Å²) < 4.78 is 84.6. The van der Waals surface area contributed by atoms with Crippen molar-refractivity contribution in [2.24, 2.45) is 0 Å². The minimum absolute atomic E-state index is 0.0188. The first-order valence-electron chi connectivity index (χ1n) is 10.7. The quantitative estimate of drug-likeness (QED) is 0.320. The minimum atomic E-state index is -4.58. The van der Waals surface area contributed by atoms with Crippen molar-refractivity contribution < 1.29 is 35.5 Å². The van der Waals surface area contributed by atoms with Gasteiger partial charge in [0, 0.05) is 35.3 Å². The predicted octanol–water partition coefficient (Wildman–Crippen LogP) is 5.88. The van der Waals surface area contributed by atoms with E-state index in [0.717, 1.165) is 29.0 Å². The number of nitrogens with one attached hydrogen (secondary N) is 1. The van der Waals surface area contributed by atoms with Crippen molar-refractivity contribution in [1.82, 2.24) is 14.5 Å². The highest BCUT2D eigenvalue weighted by atomic mass is 32.2. The largest absolute Gasteiger partial charge is 0.436 e. The number of anilines is 1. The van der Waals surface area contributed by atoms with Gasteiger partial charge >= 0.3 is 12.2 Å². The van der Waals surface area contributed by atoms with Gasteiger partial charge in [0.1, 0.15) is 11.1 Å². The Bertz CT molecular complexity index is 1620. The lowest BCUT2D eigenvalue weighted by Crippen LogP contribution is -2.20. The first-order valence-corrected chi connectivity index (χ1v) is 12.7. The highest BCUT2D eigenvalue weighted by Gasteiger charge is 2.30. The number of alkyl halides is 3. The van der Waals surface area contributed by atoms with Crippen molar-refractivity contribution in [3.8, 4) is 11.6 Å². The zero-order chi connectivity index (χ0) is 27.1. The monoisotopic (exact) mass is 536 g/mol. The number of carbonyl (C=O) groups excluding carboxylic acids is 1. The SMILES string of the molecule is Cc1cc2c(F)c(Oc3ccnc([C@@H](C)S(C)(=O)=O)n3)ccc2n1C(=O)Nc1cccc(C(F)(F)F)c1. The second-order valence-electron chi connectivity index (χ2n) is 8.27. The lowest BCUT2D eigenvalue weighted by molar-refractivity contribution is -0.137. The maximum Gasteiger partial charge on any atom is 0.416 e. The Labute approximate surface area is 208 Å². The zero-order valence-electron chi connectivity index (χ0n) is 19.7. The summed E-state index contributed by atoms with van der Waals surface area (Å²) in [5.74, 6) is -1.16. The number of hydrogen-bond donors (Lipinski definition) is 1. The van der Waals surface area contributed by atoms with Crippen molar-refractivity contribution in [3.05, 3.63) is 77.6 Å². The van der Waals surface area contributed by atoms with Crippen LogP contribution in [0.5, 0.6) is 11.6 Å². The van der Waals surface area contributed by atoms with Gasteiger partial charge in [-0.1, -0.05) is 6.07 Å². The molecular weight excluding hydrogens is 516 g/mol. The summed E-state index contributed by atoms with van der Waals surface area (Å²) >= 11 is 0. The average molecular weight is 537 g/mol. The van der Waals surface area contributed by atoms with Crippen molar-refractivity contribution in [1.29, 1.82) is 0 Å². The van der Waals surface area contributed by atoms with Gasteiger partial charge in [-0.25, -0.2) is 22.6 Å². The molecule has 4 rings (SSSR count). The number of hydrogen-bond acceptors (Lipinski definition) is 6. The van der Waals surface area contributed by atoms with Gasteiger partial charge in [-0.15, -0.1) is 0 Å². The van der Waals surface area contributed by atoms with E-state index in [2.05, 4.69) is 15.3 Å². The van der Waals surface area contributed by atoms with Crippen LogP contribution < -0.4 is 10.1 Å². The Kier molecular flexibility index (Phi) is 6.67. The number of ether oxygens (including phenoxy) is 1. The van der Waals surface area contributed by atoms with Crippen LogP contribution in [-0.2, 0) is 16.0 Å². The zero-order valence-corrected chi connectivity index (χ0v) is 20.5. The number of carbonyl (C=O) groups is 1. The second kappa shape index (κ2) is 9.47. The van der Waals surface area contributed by atoms with Crippen LogP contribution in [0.15, 0.2) is 54.7 Å². The fourth-order valence-corrected chi connectivity index (χ4v) is 4.07. The van der Waals surface area contributed by atoms with Gasteiger partial charge in [-0.05, 0) is 50.2 Å². The molecule has 0 saturated heterocycles. The fourth-order valence-electron chi connectivity index (χ4n) is 3.57. The number of rotatable bonds is 5. The Hall–Kier alpha value is -4.00. The van der Waals surface area contributed by atoms with Crippen LogP contribution in [0.25, 0.3) is 10.9 Å². The lowest BCUT2D eigenvalue weighted by Gasteiger charge is -2.12. The molecule has 8 nitrogen and oxygen atoms in total. The van der Waals surface area contributed by atoms with Crippen LogP contribution in [0.1, 0.15) is 29.3 Å². The summed E-state index contributed by atoms with van der Waals surface area (Å²) in [6.07, 6.45) is -2.25. The summed E-state index contributed by atoms with van der Waals surface area (Å²) in [4.78, 5) is 20.9. The molecule has 0 aliphatic heterocycles. The van der Waals surface area contributed by atoms with E-state index in [9.17, 15) is 26.4 Å². The summed E-state index contributed by atoms with van der Waals surface area (Å²) in [6, 6.07) is 8.76. The van der Waals surface area contributed by atoms with Crippen molar-refractivity contribution in [3.63, 3.8) is 0 Å². The Morgan fingerprint density at radius 3 is 2.54 bits per heavy atom. The highest BCUT2D eigenvalue weighted by molar-refractivity contribution is 7.90. The molecule has 0 radical (unpaired) electrons. The number of halogens is 4. The van der Waals surface area contributed by atoms with Crippen molar-refractivity contribution >= 4 is 32.5 Å². The molecule has 194 valence electrons. The number of benzene rings is 2. The first kappa shape index (κ1) is 26.1. The van der Waals surface area contributed by atoms with Gasteiger partial charge in [-0.2, -0.15) is 18.2 Å². The normalized spacial score (nSPS) is 12.9. The number of aryl methyl sites for hydroxylation is 1. The van der Waals surface area contributed by atoms with Crippen LogP contribution in [0.4, 0.5) is 28.0 Å². The third-order valence-corrected chi connectivity index (χ3v) is 7.08. The van der Waals surface area contributed by atoms with E-state index in [4.69, 9.17) is 4.74 Å². The number of fused-ring (bicyclic) bond motifs is 1. The molecule has 13 heteroatoms. The standard InChI is InChI=1S/C24H20F4N4O4S/c1-13-11-17-18(32(13)23(33)30-16-6-4-5-15(12-16)24(26,27)28)7-8-19(21(17)25)36-20-9-10-29-22(31-20)14(2)37(3,34)35/h4-12,14H,1-3H3,(H,30,33)/t14-/m1/s1. The van der Waals surface area contributed by atoms with E-state index < -0.39 is 38.7 Å². The third-order valence-electron chi connectivity index (χ3n) is 5.58. The smallest absolute Gasteiger partial charge is 0.416 e. The topological polar surface area (TPSA) is 103 Å². The molecule has 1 amide bonds. The summed E-state index contributed by atoms with van der Waals surface area (Å²) in [5, 5.41) is 1.41. The molecule has 2 heterocycles. The molecule has 0 saturated carbocycles. The van der Waals surface area contributed by atoms with E-state index in [1.807, 2.05) is 0 Å². The van der Waals surface area contributed by atoms with Gasteiger partial charge in [-0.3, -0.25) is 4.57 Å². The molecule has 0 aliphatic carbocycles. The van der Waals surface area contributed by atoms with E-state index in [0.29, 0.717) is 5.69 Å². The molecule has 0 bridgehead atoms. The Morgan fingerprint density at radius 1 is 1.14 bits per heavy atom. The minimum Gasteiger partial charge on any atom is -0.436 e. The Morgan fingerprint density at radius 2 is 1.86 bits per heavy atom. The molecule has 0 spiro atoms. The summed E-state index contributed by atoms with van der Waals surface area (Å²) in [6.45, 7) is 2.95. The van der Waals surface area contributed by atoms with Crippen LogP contribution >= 0.6 is 0 Å². The van der Waals surface area contributed by atoms with E-state index in [1.165, 1.54) is 50.4 Å². The molecule has 2 aromatic carbocycles.